The van der Waals surface area contributed by atoms with Crippen molar-refractivity contribution in [3.63, 3.8) is 0 Å². The number of aromatic nitrogens is 2. The Morgan fingerprint density at radius 3 is 2.78 bits per heavy atom. The van der Waals surface area contributed by atoms with Gasteiger partial charge in [0.1, 0.15) is 5.01 Å². The average Bonchev–Trinajstić information content (AvgIpc) is 2.94. The van der Waals surface area contributed by atoms with Gasteiger partial charge in [-0.2, -0.15) is 0 Å². The fraction of sp³-hybridized carbons (Fsp3) is 0.438. The Labute approximate surface area is 145 Å². The normalized spacial score (nSPS) is 10.5. The van der Waals surface area contributed by atoms with Gasteiger partial charge in [0, 0.05) is 17.1 Å². The molecule has 23 heavy (non-hydrogen) atoms. The maximum atomic E-state index is 11.9. The highest BCUT2D eigenvalue weighted by molar-refractivity contribution is 7.15. The molecule has 0 spiro atoms. The molecule has 0 radical (unpaired) electrons. The fourth-order valence-electron chi connectivity index (χ4n) is 2.11. The van der Waals surface area contributed by atoms with Crippen LogP contribution in [0.5, 0.6) is 0 Å². The van der Waals surface area contributed by atoms with Crippen LogP contribution in [0.2, 0.25) is 5.02 Å². The highest BCUT2D eigenvalue weighted by Gasteiger charge is 2.08. The highest BCUT2D eigenvalue weighted by atomic mass is 35.5. The van der Waals surface area contributed by atoms with E-state index in [9.17, 15) is 4.79 Å². The van der Waals surface area contributed by atoms with Crippen molar-refractivity contribution in [1.82, 2.24) is 10.2 Å². The molecule has 2 amide bonds. The molecular formula is C16H21ClN4OS. The van der Waals surface area contributed by atoms with E-state index >= 15 is 0 Å². The summed E-state index contributed by atoms with van der Waals surface area (Å²) < 4.78 is 0. The monoisotopic (exact) mass is 352 g/mol. The van der Waals surface area contributed by atoms with Gasteiger partial charge in [-0.25, -0.2) is 4.79 Å². The first-order chi connectivity index (χ1) is 11.2. The van der Waals surface area contributed by atoms with Crippen LogP contribution in [0.15, 0.2) is 24.3 Å². The second-order valence-electron chi connectivity index (χ2n) is 5.25. The van der Waals surface area contributed by atoms with Crippen molar-refractivity contribution >= 4 is 39.8 Å². The second-order valence-corrected chi connectivity index (χ2v) is 6.75. The Kier molecular flexibility index (Phi) is 7.29. The molecule has 0 fully saturated rings. The lowest BCUT2D eigenvalue weighted by molar-refractivity contribution is 0.262. The summed E-state index contributed by atoms with van der Waals surface area (Å²) in [6.07, 6.45) is 7.04. The lowest BCUT2D eigenvalue weighted by Gasteiger charge is -2.04. The number of amides is 2. The molecule has 1 heterocycles. The number of rotatable bonds is 8. The van der Waals surface area contributed by atoms with Gasteiger partial charge in [-0.3, -0.25) is 5.32 Å². The lowest BCUT2D eigenvalue weighted by Crippen LogP contribution is -2.19. The van der Waals surface area contributed by atoms with E-state index in [0.29, 0.717) is 15.8 Å². The Hall–Kier alpha value is -1.66. The molecule has 0 atom stereocenters. The van der Waals surface area contributed by atoms with Crippen molar-refractivity contribution in [1.29, 1.82) is 0 Å². The minimum Gasteiger partial charge on any atom is -0.308 e. The number of hydrogen-bond donors (Lipinski definition) is 2. The first-order valence-corrected chi connectivity index (χ1v) is 9.03. The molecule has 0 bridgehead atoms. The first-order valence-electron chi connectivity index (χ1n) is 7.83. The summed E-state index contributed by atoms with van der Waals surface area (Å²) in [6, 6.07) is 6.63. The minimum absolute atomic E-state index is 0.349. The third-order valence-corrected chi connectivity index (χ3v) is 4.40. The molecule has 0 unspecified atom stereocenters. The summed E-state index contributed by atoms with van der Waals surface area (Å²) in [4.78, 5) is 11.9. The Morgan fingerprint density at radius 1 is 1.17 bits per heavy atom. The van der Waals surface area contributed by atoms with Crippen LogP contribution in [0.3, 0.4) is 0 Å². The van der Waals surface area contributed by atoms with E-state index in [1.54, 1.807) is 24.3 Å². The number of nitrogens with one attached hydrogen (secondary N) is 2. The first kappa shape index (κ1) is 17.7. The summed E-state index contributed by atoms with van der Waals surface area (Å²) in [5, 5.41) is 15.6. The standard InChI is InChI=1S/C16H21ClN4OS/c1-2-3-4-5-6-10-14-20-21-16(23-14)19-15(22)18-13-9-7-8-12(17)11-13/h7-9,11H,2-6,10H2,1H3,(H2,18,19,21,22). The van der Waals surface area contributed by atoms with Gasteiger partial charge < -0.3 is 5.32 Å². The molecule has 5 nitrogen and oxygen atoms in total. The number of hydrogen-bond acceptors (Lipinski definition) is 4. The van der Waals surface area contributed by atoms with Gasteiger partial charge >= 0.3 is 6.03 Å². The quantitative estimate of drug-likeness (QED) is 0.629. The molecule has 7 heteroatoms. The second kappa shape index (κ2) is 9.47. The molecule has 2 N–H and O–H groups in total. The van der Waals surface area contributed by atoms with Gasteiger partial charge in [-0.05, 0) is 24.6 Å². The number of unbranched alkanes of at least 4 members (excludes halogenated alkanes) is 4. The molecule has 0 saturated carbocycles. The number of halogens is 1. The van der Waals surface area contributed by atoms with Crippen LogP contribution in [0.1, 0.15) is 44.0 Å². The fourth-order valence-corrected chi connectivity index (χ4v) is 3.08. The SMILES string of the molecule is CCCCCCCc1nnc(NC(=O)Nc2cccc(Cl)c2)s1. The van der Waals surface area contributed by atoms with Crippen LogP contribution in [-0.2, 0) is 6.42 Å². The van der Waals surface area contributed by atoms with Crippen molar-refractivity contribution in [2.24, 2.45) is 0 Å². The van der Waals surface area contributed by atoms with Crippen LogP contribution in [-0.4, -0.2) is 16.2 Å². The number of benzene rings is 1. The van der Waals surface area contributed by atoms with E-state index in [-0.39, 0.29) is 6.03 Å². The zero-order valence-electron chi connectivity index (χ0n) is 13.1. The van der Waals surface area contributed by atoms with Gasteiger partial charge in [-0.1, -0.05) is 61.6 Å². The molecule has 0 aliphatic heterocycles. The van der Waals surface area contributed by atoms with E-state index in [1.807, 2.05) is 0 Å². The van der Waals surface area contributed by atoms with Crippen LogP contribution >= 0.6 is 22.9 Å². The number of anilines is 2. The number of aryl methyl sites for hydroxylation is 1. The number of nitrogens with zero attached hydrogens (tertiary/aromatic N) is 2. The van der Waals surface area contributed by atoms with Gasteiger partial charge in [0.25, 0.3) is 0 Å². The Balaban J connectivity index is 1.76. The van der Waals surface area contributed by atoms with E-state index in [0.717, 1.165) is 17.8 Å². The van der Waals surface area contributed by atoms with Crippen molar-refractivity contribution in [3.05, 3.63) is 34.3 Å². The Bertz CT molecular complexity index is 632. The van der Waals surface area contributed by atoms with E-state index in [1.165, 1.54) is 37.0 Å². The van der Waals surface area contributed by atoms with Crippen LogP contribution < -0.4 is 10.6 Å². The predicted octanol–water partition coefficient (Wildman–Crippen LogP) is 5.35. The largest absolute Gasteiger partial charge is 0.325 e. The number of urea groups is 1. The molecule has 1 aromatic carbocycles. The molecule has 124 valence electrons. The summed E-state index contributed by atoms with van der Waals surface area (Å²) in [5.41, 5.74) is 0.635. The summed E-state index contributed by atoms with van der Waals surface area (Å²) in [6.45, 7) is 2.21. The van der Waals surface area contributed by atoms with Gasteiger partial charge in [0.15, 0.2) is 0 Å². The average molecular weight is 353 g/mol. The van der Waals surface area contributed by atoms with Crippen molar-refractivity contribution in [2.75, 3.05) is 10.6 Å². The van der Waals surface area contributed by atoms with Crippen molar-refractivity contribution < 1.29 is 4.79 Å². The van der Waals surface area contributed by atoms with Gasteiger partial charge in [0.05, 0.1) is 0 Å². The predicted molar refractivity (Wildman–Crippen MR) is 96.5 cm³/mol. The minimum atomic E-state index is -0.349. The van der Waals surface area contributed by atoms with Crippen molar-refractivity contribution in [3.8, 4) is 0 Å². The number of carbonyl (C=O) groups excluding carboxylic acids is 1. The molecule has 1 aromatic heterocycles. The lowest BCUT2D eigenvalue weighted by atomic mass is 10.1. The molecule has 0 aliphatic carbocycles. The smallest absolute Gasteiger partial charge is 0.308 e. The third kappa shape index (κ3) is 6.54. The van der Waals surface area contributed by atoms with Gasteiger partial charge in [-0.15, -0.1) is 10.2 Å². The van der Waals surface area contributed by atoms with Crippen LogP contribution in [0, 0.1) is 0 Å². The maximum Gasteiger partial charge on any atom is 0.325 e. The van der Waals surface area contributed by atoms with E-state index < -0.39 is 0 Å². The van der Waals surface area contributed by atoms with Gasteiger partial charge in [0.2, 0.25) is 5.13 Å². The molecule has 2 rings (SSSR count). The summed E-state index contributed by atoms with van der Waals surface area (Å²) in [5.74, 6) is 0. The van der Waals surface area contributed by atoms with Crippen LogP contribution in [0.25, 0.3) is 0 Å². The zero-order chi connectivity index (χ0) is 16.5. The zero-order valence-corrected chi connectivity index (χ0v) is 14.7. The molecule has 0 saturated heterocycles. The summed E-state index contributed by atoms with van der Waals surface area (Å²) >= 11 is 7.30. The van der Waals surface area contributed by atoms with Crippen LogP contribution in [0.4, 0.5) is 15.6 Å². The Morgan fingerprint density at radius 2 is 2.00 bits per heavy atom. The van der Waals surface area contributed by atoms with E-state index in [2.05, 4.69) is 27.8 Å². The summed E-state index contributed by atoms with van der Waals surface area (Å²) in [7, 11) is 0. The third-order valence-electron chi connectivity index (χ3n) is 3.26. The van der Waals surface area contributed by atoms with E-state index in [4.69, 9.17) is 11.6 Å². The number of carbonyl (C=O) groups is 1. The molecule has 0 aliphatic rings. The maximum absolute atomic E-state index is 11.9. The van der Waals surface area contributed by atoms with Crippen molar-refractivity contribution in [2.45, 2.75) is 45.4 Å². The molecule has 2 aromatic rings. The highest BCUT2D eigenvalue weighted by Crippen LogP contribution is 2.19. The topological polar surface area (TPSA) is 66.9 Å². The molecular weight excluding hydrogens is 332 g/mol.